The van der Waals surface area contributed by atoms with Crippen molar-refractivity contribution in [3.63, 3.8) is 0 Å². The Labute approximate surface area is 106 Å². The van der Waals surface area contributed by atoms with Crippen LogP contribution in [0.15, 0.2) is 9.59 Å². The van der Waals surface area contributed by atoms with E-state index in [1.54, 1.807) is 6.92 Å². The van der Waals surface area contributed by atoms with Gasteiger partial charge in [0.05, 0.1) is 0 Å². The minimum atomic E-state index is -0.445. The molecular weight excluding hydrogens is 240 g/mol. The summed E-state index contributed by atoms with van der Waals surface area (Å²) in [6.45, 7) is 10.2. The molecule has 0 aliphatic heterocycles. The lowest BCUT2D eigenvalue weighted by Crippen LogP contribution is -2.41. The van der Waals surface area contributed by atoms with Crippen molar-refractivity contribution in [3.8, 4) is 0 Å². The van der Waals surface area contributed by atoms with E-state index >= 15 is 0 Å². The number of halogens is 1. The van der Waals surface area contributed by atoms with Crippen LogP contribution >= 0.6 is 11.6 Å². The molecule has 5 heteroatoms. The van der Waals surface area contributed by atoms with Gasteiger partial charge < -0.3 is 0 Å². The Hall–Kier alpha value is -1.03. The average Bonchev–Trinajstić information content (AvgIpc) is 2.21. The Morgan fingerprint density at radius 1 is 1.35 bits per heavy atom. The lowest BCUT2D eigenvalue weighted by Gasteiger charge is -2.29. The Morgan fingerprint density at radius 3 is 2.35 bits per heavy atom. The molecule has 1 aromatic heterocycles. The van der Waals surface area contributed by atoms with E-state index in [0.29, 0.717) is 18.0 Å². The molecule has 0 spiro atoms. The Bertz CT molecular complexity index is 526. The fraction of sp³-hybridized carbons (Fsp3) is 0.667. The summed E-state index contributed by atoms with van der Waals surface area (Å²) in [7, 11) is 0. The van der Waals surface area contributed by atoms with Crippen molar-refractivity contribution in [2.45, 2.75) is 41.2 Å². The fourth-order valence-electron chi connectivity index (χ4n) is 1.38. The highest BCUT2D eigenvalue weighted by Gasteiger charge is 2.25. The highest BCUT2D eigenvalue weighted by Crippen LogP contribution is 2.27. The highest BCUT2D eigenvalue weighted by atomic mass is 35.5. The minimum absolute atomic E-state index is 0.124. The number of aromatic nitrogens is 2. The number of rotatable bonds is 3. The molecule has 0 unspecified atom stereocenters. The van der Waals surface area contributed by atoms with Gasteiger partial charge in [-0.25, -0.2) is 4.79 Å². The summed E-state index contributed by atoms with van der Waals surface area (Å²) in [5.74, 6) is 0.366. The van der Waals surface area contributed by atoms with Crippen LogP contribution in [-0.2, 0) is 6.54 Å². The van der Waals surface area contributed by atoms with E-state index in [-0.39, 0.29) is 16.1 Å². The van der Waals surface area contributed by atoms with Crippen molar-refractivity contribution in [3.05, 3.63) is 31.6 Å². The molecule has 1 N–H and O–H groups in total. The molecule has 1 rings (SSSR count). The van der Waals surface area contributed by atoms with Crippen molar-refractivity contribution >= 4 is 11.6 Å². The van der Waals surface area contributed by atoms with Gasteiger partial charge in [0.15, 0.2) is 0 Å². The van der Waals surface area contributed by atoms with Crippen molar-refractivity contribution in [2.24, 2.45) is 11.3 Å². The van der Waals surface area contributed by atoms with Gasteiger partial charge in [-0.1, -0.05) is 39.3 Å². The molecule has 0 aliphatic carbocycles. The van der Waals surface area contributed by atoms with Crippen LogP contribution in [0.3, 0.4) is 0 Å². The third-order valence-corrected chi connectivity index (χ3v) is 3.86. The van der Waals surface area contributed by atoms with Gasteiger partial charge in [-0.2, -0.15) is 0 Å². The molecule has 1 heterocycles. The summed E-state index contributed by atoms with van der Waals surface area (Å²) in [4.78, 5) is 26.2. The molecule has 0 saturated heterocycles. The first-order chi connectivity index (χ1) is 7.66. The molecule has 4 nitrogen and oxygen atoms in total. The molecule has 0 amide bonds. The number of aromatic amines is 1. The molecule has 0 fully saturated rings. The summed E-state index contributed by atoms with van der Waals surface area (Å²) >= 11 is 5.76. The Balaban J connectivity index is 3.31. The maximum absolute atomic E-state index is 12.0. The molecule has 0 aliphatic rings. The van der Waals surface area contributed by atoms with Crippen LogP contribution in [0, 0.1) is 18.3 Å². The summed E-state index contributed by atoms with van der Waals surface area (Å²) in [5.41, 5.74) is -0.505. The monoisotopic (exact) mass is 258 g/mol. The lowest BCUT2D eigenvalue weighted by atomic mass is 9.81. The van der Waals surface area contributed by atoms with Gasteiger partial charge in [-0.15, -0.1) is 0 Å². The van der Waals surface area contributed by atoms with Crippen LogP contribution in [0.25, 0.3) is 0 Å². The lowest BCUT2D eigenvalue weighted by molar-refractivity contribution is 0.204. The molecule has 0 atom stereocenters. The summed E-state index contributed by atoms with van der Waals surface area (Å²) < 4.78 is 1.22. The van der Waals surface area contributed by atoms with Gasteiger partial charge in [0, 0.05) is 12.1 Å². The van der Waals surface area contributed by atoms with E-state index in [0.717, 1.165) is 0 Å². The predicted molar refractivity (Wildman–Crippen MR) is 69.7 cm³/mol. The van der Waals surface area contributed by atoms with Crippen molar-refractivity contribution in [1.29, 1.82) is 0 Å². The Kier molecular flexibility index (Phi) is 3.87. The van der Waals surface area contributed by atoms with Gasteiger partial charge in [0.2, 0.25) is 0 Å². The smallest absolute Gasteiger partial charge is 0.297 e. The molecule has 0 aromatic carbocycles. The van der Waals surface area contributed by atoms with Crippen molar-refractivity contribution in [1.82, 2.24) is 9.55 Å². The van der Waals surface area contributed by atoms with Crippen LogP contribution < -0.4 is 11.2 Å². The van der Waals surface area contributed by atoms with E-state index in [9.17, 15) is 9.59 Å². The average molecular weight is 259 g/mol. The second kappa shape index (κ2) is 4.69. The quantitative estimate of drug-likeness (QED) is 0.845. The number of nitrogens with one attached hydrogen (secondary N) is 1. The van der Waals surface area contributed by atoms with Crippen molar-refractivity contribution < 1.29 is 0 Å². The van der Waals surface area contributed by atoms with Gasteiger partial charge in [-0.05, 0) is 18.3 Å². The van der Waals surface area contributed by atoms with Crippen LogP contribution in [0.4, 0.5) is 0 Å². The molecular formula is C12H19ClN2O2. The molecule has 0 radical (unpaired) electrons. The molecule has 0 bridgehead atoms. The van der Waals surface area contributed by atoms with Crippen LogP contribution in [0.1, 0.15) is 33.3 Å². The maximum atomic E-state index is 12.0. The van der Waals surface area contributed by atoms with Crippen LogP contribution in [0.5, 0.6) is 0 Å². The summed E-state index contributed by atoms with van der Waals surface area (Å²) in [6, 6.07) is 0. The van der Waals surface area contributed by atoms with Gasteiger partial charge >= 0.3 is 5.69 Å². The zero-order valence-electron chi connectivity index (χ0n) is 10.9. The normalized spacial score (nSPS) is 12.2. The van der Waals surface area contributed by atoms with Gasteiger partial charge in [0.1, 0.15) is 5.15 Å². The number of H-pyrrole nitrogens is 1. The molecule has 1 aromatic rings. The van der Waals surface area contributed by atoms with E-state index in [1.807, 2.05) is 13.8 Å². The van der Waals surface area contributed by atoms with E-state index < -0.39 is 5.69 Å². The Morgan fingerprint density at radius 2 is 1.88 bits per heavy atom. The number of hydrogen-bond acceptors (Lipinski definition) is 2. The highest BCUT2D eigenvalue weighted by molar-refractivity contribution is 6.30. The minimum Gasteiger partial charge on any atom is -0.297 e. The molecule has 0 saturated carbocycles. The molecule has 17 heavy (non-hydrogen) atoms. The molecule has 96 valence electrons. The third-order valence-electron chi connectivity index (χ3n) is 3.49. The van der Waals surface area contributed by atoms with Gasteiger partial charge in [0.25, 0.3) is 5.56 Å². The largest absolute Gasteiger partial charge is 0.329 e. The van der Waals surface area contributed by atoms with E-state index in [2.05, 4.69) is 18.8 Å². The first kappa shape index (κ1) is 14.0. The maximum Gasteiger partial charge on any atom is 0.329 e. The fourth-order valence-corrected chi connectivity index (χ4v) is 1.54. The summed E-state index contributed by atoms with van der Waals surface area (Å²) in [6.07, 6.45) is 0. The topological polar surface area (TPSA) is 54.9 Å². The van der Waals surface area contributed by atoms with Crippen LogP contribution in [0.2, 0.25) is 5.15 Å². The number of hydrogen-bond donors (Lipinski definition) is 1. The summed E-state index contributed by atoms with van der Waals surface area (Å²) in [5, 5.41) is 0.124. The SMILES string of the molecule is Cc1c(Cl)[nH]c(=O)n(CC(C)(C)C(C)C)c1=O. The standard InChI is InChI=1S/C12H19ClN2O2/c1-7(2)12(4,5)6-15-10(16)8(3)9(13)14-11(15)17/h7H,6H2,1-5H3,(H,14,17). The zero-order chi connectivity index (χ0) is 13.4. The van der Waals surface area contributed by atoms with E-state index in [4.69, 9.17) is 11.6 Å². The third kappa shape index (κ3) is 2.80. The predicted octanol–water partition coefficient (Wildman–Crippen LogP) is 2.18. The van der Waals surface area contributed by atoms with Gasteiger partial charge in [-0.3, -0.25) is 14.3 Å². The van der Waals surface area contributed by atoms with E-state index in [1.165, 1.54) is 4.57 Å². The second-order valence-corrected chi connectivity index (χ2v) is 5.78. The zero-order valence-corrected chi connectivity index (χ0v) is 11.7. The number of nitrogens with zero attached hydrogens (tertiary/aromatic N) is 1. The first-order valence-corrected chi connectivity index (χ1v) is 6.04. The van der Waals surface area contributed by atoms with Crippen molar-refractivity contribution in [2.75, 3.05) is 0 Å². The first-order valence-electron chi connectivity index (χ1n) is 5.66. The second-order valence-electron chi connectivity index (χ2n) is 5.40. The van der Waals surface area contributed by atoms with Crippen LogP contribution in [-0.4, -0.2) is 9.55 Å².